The van der Waals surface area contributed by atoms with Crippen molar-refractivity contribution in [1.29, 1.82) is 0 Å². The van der Waals surface area contributed by atoms with Crippen LogP contribution in [0.4, 0.5) is 13.2 Å². The van der Waals surface area contributed by atoms with Gasteiger partial charge in [-0.05, 0) is 124 Å². The fourth-order valence-corrected chi connectivity index (χ4v) is 8.97. The Labute approximate surface area is 379 Å². The van der Waals surface area contributed by atoms with Gasteiger partial charge in [-0.25, -0.2) is 4.98 Å². The van der Waals surface area contributed by atoms with E-state index in [1.807, 2.05) is 6.20 Å². The molecule has 65 heavy (non-hydrogen) atoms. The predicted octanol–water partition coefficient (Wildman–Crippen LogP) is 15.7. The van der Waals surface area contributed by atoms with Crippen LogP contribution in [0.1, 0.15) is 109 Å². The van der Waals surface area contributed by atoms with Gasteiger partial charge in [-0.3, -0.25) is 4.57 Å². The summed E-state index contributed by atoms with van der Waals surface area (Å²) in [7, 11) is 0. The summed E-state index contributed by atoms with van der Waals surface area (Å²) in [6, 6.07) is 43.8. The smallest absolute Gasteiger partial charge is 0.416 e. The highest BCUT2D eigenvalue weighted by molar-refractivity contribution is 6.09. The van der Waals surface area contributed by atoms with Crippen molar-refractivity contribution in [2.24, 2.45) is 0 Å². The molecular weight excluding hydrogens is 814 g/mol. The van der Waals surface area contributed by atoms with E-state index < -0.39 is 11.7 Å². The fourth-order valence-electron chi connectivity index (χ4n) is 8.97. The summed E-state index contributed by atoms with van der Waals surface area (Å²) < 4.78 is 54.3. The number of para-hydroxylation sites is 3. The molecule has 6 aromatic carbocycles. The normalized spacial score (nSPS) is 12.7. The molecular formula is C57H56F3N4O+. The third-order valence-corrected chi connectivity index (χ3v) is 12.6. The van der Waals surface area contributed by atoms with Gasteiger partial charge in [0.05, 0.1) is 16.6 Å². The number of nitrogens with zero attached hydrogens (tertiary/aromatic N) is 4. The molecule has 3 heterocycles. The summed E-state index contributed by atoms with van der Waals surface area (Å²) in [5.41, 5.74) is 11.5. The maximum absolute atomic E-state index is 13.5. The van der Waals surface area contributed by atoms with Gasteiger partial charge in [0.2, 0.25) is 0 Å². The highest BCUT2D eigenvalue weighted by Crippen LogP contribution is 2.40. The minimum atomic E-state index is -4.40. The molecule has 0 atom stereocenters. The van der Waals surface area contributed by atoms with Gasteiger partial charge in [0.1, 0.15) is 28.7 Å². The van der Waals surface area contributed by atoms with E-state index in [1.165, 1.54) is 17.7 Å². The summed E-state index contributed by atoms with van der Waals surface area (Å²) >= 11 is 0. The van der Waals surface area contributed by atoms with Crippen LogP contribution in [-0.4, -0.2) is 14.1 Å². The number of benzene rings is 6. The Balaban J connectivity index is 1.18. The van der Waals surface area contributed by atoms with Crippen molar-refractivity contribution < 1.29 is 22.5 Å². The molecule has 0 amide bonds. The van der Waals surface area contributed by atoms with Crippen molar-refractivity contribution in [2.75, 3.05) is 0 Å². The molecule has 0 bridgehead atoms. The third-order valence-electron chi connectivity index (χ3n) is 12.6. The zero-order chi connectivity index (χ0) is 46.2. The summed E-state index contributed by atoms with van der Waals surface area (Å²) in [6.45, 7) is 22.0. The molecule has 0 aliphatic carbocycles. The number of alkyl halides is 3. The lowest BCUT2D eigenvalue weighted by Crippen LogP contribution is -2.33. The van der Waals surface area contributed by atoms with Crippen molar-refractivity contribution in [3.63, 3.8) is 0 Å². The largest absolute Gasteiger partial charge is 0.457 e. The Morgan fingerprint density at radius 1 is 0.554 bits per heavy atom. The Kier molecular flexibility index (Phi) is 10.8. The summed E-state index contributed by atoms with van der Waals surface area (Å²) in [5, 5.41) is 2.27. The van der Waals surface area contributed by atoms with E-state index in [1.54, 1.807) is 12.1 Å². The number of pyridine rings is 1. The third kappa shape index (κ3) is 8.20. The molecule has 0 N–H and O–H groups in total. The van der Waals surface area contributed by atoms with Crippen LogP contribution in [0.15, 0.2) is 146 Å². The molecule has 8 heteroatoms. The number of imidazole rings is 1. The molecule has 0 unspecified atom stereocenters. The van der Waals surface area contributed by atoms with Gasteiger partial charge >= 0.3 is 6.18 Å². The first-order valence-electron chi connectivity index (χ1n) is 22.5. The first-order chi connectivity index (χ1) is 30.8. The summed E-state index contributed by atoms with van der Waals surface area (Å²) in [4.78, 5) is 4.88. The number of rotatable bonds is 8. The molecule has 0 saturated heterocycles. The molecule has 0 fully saturated rings. The molecule has 0 aliphatic rings. The van der Waals surface area contributed by atoms with Crippen molar-refractivity contribution >= 4 is 32.8 Å². The Morgan fingerprint density at radius 2 is 1.18 bits per heavy atom. The monoisotopic (exact) mass is 869 g/mol. The second kappa shape index (κ2) is 16.1. The average molecular weight is 870 g/mol. The van der Waals surface area contributed by atoms with Gasteiger partial charge in [-0.2, -0.15) is 22.3 Å². The number of aromatic nitrogens is 4. The van der Waals surface area contributed by atoms with Gasteiger partial charge in [0.15, 0.2) is 11.0 Å². The van der Waals surface area contributed by atoms with Gasteiger partial charge in [0.25, 0.3) is 6.33 Å². The zero-order valence-corrected chi connectivity index (χ0v) is 38.8. The van der Waals surface area contributed by atoms with Gasteiger partial charge in [0, 0.05) is 40.2 Å². The van der Waals surface area contributed by atoms with E-state index in [0.29, 0.717) is 5.75 Å². The number of halogens is 3. The van der Waals surface area contributed by atoms with E-state index in [4.69, 9.17) is 9.72 Å². The highest BCUT2D eigenvalue weighted by atomic mass is 19.4. The molecule has 0 radical (unpaired) electrons. The van der Waals surface area contributed by atoms with Crippen LogP contribution >= 0.6 is 0 Å². The number of hydrogen-bond acceptors (Lipinski definition) is 2. The lowest BCUT2D eigenvalue weighted by atomic mass is 9.86. The topological polar surface area (TPSA) is 35.9 Å². The Bertz CT molecular complexity index is 3220. The summed E-state index contributed by atoms with van der Waals surface area (Å²) in [6.07, 6.45) is -0.325. The first kappa shape index (κ1) is 43.6. The quantitative estimate of drug-likeness (QED) is 0.143. The van der Waals surface area contributed by atoms with E-state index in [9.17, 15) is 13.2 Å². The van der Waals surface area contributed by atoms with Crippen molar-refractivity contribution in [3.05, 3.63) is 174 Å². The molecule has 9 rings (SSSR count). The summed E-state index contributed by atoms with van der Waals surface area (Å²) in [5.74, 6) is 2.53. The molecule has 330 valence electrons. The standard InChI is InChI=1S/C57H56F3N4O/c1-35(2)47-27-38(37-19-21-39(22-20-37)57(58,59)60)28-48(36(3)4)54(47)63-34-62(50-17-13-14-18-51(50)63)42-29-41(56(8,9)10)30-44(32-42)65-43-23-24-46-45-15-11-12-16-49(45)64(52(46)33-43)53-31-40(25-26-61-53)55(5,6)7/h11-36H,1-10H3/q+1. The van der Waals surface area contributed by atoms with Gasteiger partial charge in [-0.15, -0.1) is 0 Å². The predicted molar refractivity (Wildman–Crippen MR) is 259 cm³/mol. The molecule has 0 spiro atoms. The Hall–Kier alpha value is -6.67. The maximum Gasteiger partial charge on any atom is 0.416 e. The molecule has 0 aliphatic heterocycles. The molecule has 0 saturated carbocycles. The number of fused-ring (bicyclic) bond motifs is 4. The van der Waals surface area contributed by atoms with E-state index in [0.717, 1.165) is 83.6 Å². The highest BCUT2D eigenvalue weighted by Gasteiger charge is 2.31. The van der Waals surface area contributed by atoms with Crippen LogP contribution in [0, 0.1) is 0 Å². The second-order valence-corrected chi connectivity index (χ2v) is 20.0. The first-order valence-corrected chi connectivity index (χ1v) is 22.5. The average Bonchev–Trinajstić information content (AvgIpc) is 3.81. The lowest BCUT2D eigenvalue weighted by molar-refractivity contribution is -0.569. The molecule has 9 aromatic rings. The second-order valence-electron chi connectivity index (χ2n) is 20.0. The van der Waals surface area contributed by atoms with E-state index in [2.05, 4.69) is 198 Å². The maximum atomic E-state index is 13.5. The zero-order valence-electron chi connectivity index (χ0n) is 38.8. The van der Waals surface area contributed by atoms with Crippen LogP contribution in [0.5, 0.6) is 11.5 Å². The lowest BCUT2D eigenvalue weighted by Gasteiger charge is -2.21. The minimum absolute atomic E-state index is 0.0405. The van der Waals surface area contributed by atoms with Gasteiger partial charge < -0.3 is 4.74 Å². The van der Waals surface area contributed by atoms with Crippen LogP contribution in [0.2, 0.25) is 0 Å². The number of hydrogen-bond donors (Lipinski definition) is 0. The number of ether oxygens (including phenoxy) is 1. The van der Waals surface area contributed by atoms with Crippen molar-refractivity contribution in [2.45, 2.75) is 98.1 Å². The fraction of sp³-hybridized carbons (Fsp3) is 0.263. The van der Waals surface area contributed by atoms with Crippen LogP contribution in [-0.2, 0) is 17.0 Å². The molecule has 5 nitrogen and oxygen atoms in total. The Morgan fingerprint density at radius 3 is 1.83 bits per heavy atom. The van der Waals surface area contributed by atoms with Crippen molar-refractivity contribution in [1.82, 2.24) is 14.1 Å². The van der Waals surface area contributed by atoms with E-state index >= 15 is 0 Å². The van der Waals surface area contributed by atoms with Crippen LogP contribution in [0.25, 0.3) is 61.2 Å². The van der Waals surface area contributed by atoms with Crippen LogP contribution in [0.3, 0.4) is 0 Å². The SMILES string of the molecule is CC(C)c1cc(-c2ccc(C(F)(F)F)cc2)cc(C(C)C)c1-[n+]1cn(-c2cc(Oc3ccc4c5ccccc5n(-c5cc(C(C)(C)C)ccn5)c4c3)cc(C(C)(C)C)c2)c2ccccc21. The molecule has 3 aromatic heterocycles. The van der Waals surface area contributed by atoms with Gasteiger partial charge in [-0.1, -0.05) is 112 Å². The van der Waals surface area contributed by atoms with Crippen LogP contribution < -0.4 is 9.30 Å². The van der Waals surface area contributed by atoms with Crippen molar-refractivity contribution in [3.8, 4) is 39.8 Å². The van der Waals surface area contributed by atoms with E-state index in [-0.39, 0.29) is 22.7 Å². The minimum Gasteiger partial charge on any atom is -0.457 e.